The van der Waals surface area contributed by atoms with E-state index in [1.165, 1.54) is 18.2 Å². The van der Waals surface area contributed by atoms with Gasteiger partial charge in [-0.2, -0.15) is 0 Å². The van der Waals surface area contributed by atoms with E-state index >= 15 is 0 Å². The molecular formula is C10H10F2OS. The van der Waals surface area contributed by atoms with Crippen LogP contribution in [-0.2, 0) is 0 Å². The van der Waals surface area contributed by atoms with Gasteiger partial charge in [0.2, 0.25) is 0 Å². The minimum Gasteiger partial charge on any atom is -0.294 e. The molecule has 1 aromatic carbocycles. The van der Waals surface area contributed by atoms with Gasteiger partial charge in [-0.15, -0.1) is 12.6 Å². The van der Waals surface area contributed by atoms with E-state index in [1.54, 1.807) is 6.92 Å². The second kappa shape index (κ2) is 4.55. The third-order valence-corrected chi connectivity index (χ3v) is 2.42. The lowest BCUT2D eigenvalue weighted by molar-refractivity contribution is 0.0984. The fourth-order valence-electron chi connectivity index (χ4n) is 1.15. The van der Waals surface area contributed by atoms with Crippen molar-refractivity contribution in [3.63, 3.8) is 0 Å². The van der Waals surface area contributed by atoms with Crippen LogP contribution in [0.5, 0.6) is 0 Å². The minimum absolute atomic E-state index is 0.0920. The predicted octanol–water partition coefficient (Wildman–Crippen LogP) is 3.51. The normalized spacial score (nSPS) is 10.6. The standard InChI is InChI=1S/C10H10F2OS/c1-2-8(13)6-4-3-5-7(9(6)14)10(11)12/h3-5,10,14H,2H2,1H3. The number of thiol groups is 1. The smallest absolute Gasteiger partial charge is 0.264 e. The number of hydrogen-bond acceptors (Lipinski definition) is 2. The fraction of sp³-hybridized carbons (Fsp3) is 0.300. The van der Waals surface area contributed by atoms with Crippen molar-refractivity contribution in [1.29, 1.82) is 0 Å². The lowest BCUT2D eigenvalue weighted by Gasteiger charge is -2.07. The van der Waals surface area contributed by atoms with E-state index in [0.717, 1.165) is 0 Å². The maximum Gasteiger partial charge on any atom is 0.264 e. The Bertz CT molecular complexity index is 350. The van der Waals surface area contributed by atoms with Gasteiger partial charge in [0.25, 0.3) is 6.43 Å². The van der Waals surface area contributed by atoms with Crippen LogP contribution in [0.25, 0.3) is 0 Å². The molecule has 76 valence electrons. The first-order valence-electron chi connectivity index (χ1n) is 4.21. The number of carbonyl (C=O) groups excluding carboxylic acids is 1. The van der Waals surface area contributed by atoms with E-state index in [9.17, 15) is 13.6 Å². The monoisotopic (exact) mass is 216 g/mol. The predicted molar refractivity (Wildman–Crippen MR) is 53.3 cm³/mol. The number of ketones is 1. The van der Waals surface area contributed by atoms with Gasteiger partial charge in [0, 0.05) is 22.4 Å². The van der Waals surface area contributed by atoms with E-state index < -0.39 is 6.43 Å². The van der Waals surface area contributed by atoms with Crippen LogP contribution in [0.2, 0.25) is 0 Å². The molecule has 0 unspecified atom stereocenters. The zero-order valence-corrected chi connectivity index (χ0v) is 8.52. The van der Waals surface area contributed by atoms with Crippen molar-refractivity contribution in [2.24, 2.45) is 0 Å². The van der Waals surface area contributed by atoms with Crippen molar-refractivity contribution >= 4 is 18.4 Å². The van der Waals surface area contributed by atoms with E-state index in [-0.39, 0.29) is 21.8 Å². The zero-order chi connectivity index (χ0) is 10.7. The first kappa shape index (κ1) is 11.2. The Labute approximate surface area is 86.5 Å². The summed E-state index contributed by atoms with van der Waals surface area (Å²) in [7, 11) is 0. The number of rotatable bonds is 3. The van der Waals surface area contributed by atoms with Crippen LogP contribution in [0.4, 0.5) is 8.78 Å². The van der Waals surface area contributed by atoms with Crippen molar-refractivity contribution in [2.45, 2.75) is 24.7 Å². The van der Waals surface area contributed by atoms with Crippen molar-refractivity contribution in [3.8, 4) is 0 Å². The molecule has 0 aromatic heterocycles. The van der Waals surface area contributed by atoms with Gasteiger partial charge in [0.1, 0.15) is 0 Å². The molecule has 0 bridgehead atoms. The summed E-state index contributed by atoms with van der Waals surface area (Å²) in [5.74, 6) is -0.169. The van der Waals surface area contributed by atoms with Crippen LogP contribution >= 0.6 is 12.6 Å². The number of alkyl halides is 2. The summed E-state index contributed by atoms with van der Waals surface area (Å²) in [5, 5.41) is 0. The Morgan fingerprint density at radius 3 is 2.64 bits per heavy atom. The molecule has 0 aliphatic heterocycles. The van der Waals surface area contributed by atoms with Gasteiger partial charge in [-0.1, -0.05) is 25.1 Å². The van der Waals surface area contributed by atoms with Crippen LogP contribution in [0, 0.1) is 0 Å². The van der Waals surface area contributed by atoms with Crippen molar-refractivity contribution in [3.05, 3.63) is 29.3 Å². The van der Waals surface area contributed by atoms with Gasteiger partial charge in [-0.05, 0) is 0 Å². The third-order valence-electron chi connectivity index (χ3n) is 1.92. The number of Topliss-reactive ketones (excluding diaryl/α,β-unsaturated/α-hetero) is 1. The van der Waals surface area contributed by atoms with Crippen LogP contribution in [0.1, 0.15) is 35.7 Å². The van der Waals surface area contributed by atoms with E-state index in [2.05, 4.69) is 12.6 Å². The average Bonchev–Trinajstić information content (AvgIpc) is 2.16. The van der Waals surface area contributed by atoms with Gasteiger partial charge < -0.3 is 0 Å². The topological polar surface area (TPSA) is 17.1 Å². The Balaban J connectivity index is 3.20. The summed E-state index contributed by atoms with van der Waals surface area (Å²) in [6.45, 7) is 1.69. The summed E-state index contributed by atoms with van der Waals surface area (Å²) in [6.07, 6.45) is -2.30. The highest BCUT2D eigenvalue weighted by Gasteiger charge is 2.16. The molecule has 4 heteroatoms. The minimum atomic E-state index is -2.59. The van der Waals surface area contributed by atoms with Gasteiger partial charge in [0.15, 0.2) is 5.78 Å². The molecule has 0 saturated heterocycles. The summed E-state index contributed by atoms with van der Waals surface area (Å²) in [5.41, 5.74) is 0.0845. The van der Waals surface area contributed by atoms with Gasteiger partial charge in [-0.25, -0.2) is 8.78 Å². The lowest BCUT2D eigenvalue weighted by atomic mass is 10.1. The Morgan fingerprint density at radius 2 is 2.14 bits per heavy atom. The molecule has 1 rings (SSSR count). The molecule has 1 aromatic rings. The Morgan fingerprint density at radius 1 is 1.50 bits per heavy atom. The SMILES string of the molecule is CCC(=O)c1cccc(C(F)F)c1S. The average molecular weight is 216 g/mol. The van der Waals surface area contributed by atoms with E-state index in [1.807, 2.05) is 0 Å². The molecule has 0 atom stereocenters. The second-order valence-electron chi connectivity index (χ2n) is 2.82. The summed E-state index contributed by atoms with van der Waals surface area (Å²) in [4.78, 5) is 11.4. The molecule has 14 heavy (non-hydrogen) atoms. The van der Waals surface area contributed by atoms with Gasteiger partial charge >= 0.3 is 0 Å². The largest absolute Gasteiger partial charge is 0.294 e. The van der Waals surface area contributed by atoms with E-state index in [0.29, 0.717) is 6.42 Å². The summed E-state index contributed by atoms with van der Waals surface area (Å²) in [6, 6.07) is 4.24. The molecule has 0 saturated carbocycles. The van der Waals surface area contributed by atoms with Crippen molar-refractivity contribution in [2.75, 3.05) is 0 Å². The second-order valence-corrected chi connectivity index (χ2v) is 3.27. The third kappa shape index (κ3) is 2.12. The molecule has 0 amide bonds. The fourth-order valence-corrected chi connectivity index (χ4v) is 1.52. The summed E-state index contributed by atoms with van der Waals surface area (Å²) < 4.78 is 24.8. The van der Waals surface area contributed by atoms with Crippen molar-refractivity contribution in [1.82, 2.24) is 0 Å². The van der Waals surface area contributed by atoms with Crippen LogP contribution in [0.3, 0.4) is 0 Å². The van der Waals surface area contributed by atoms with Crippen LogP contribution in [0.15, 0.2) is 23.1 Å². The first-order valence-corrected chi connectivity index (χ1v) is 4.65. The molecule has 0 radical (unpaired) electrons. The molecule has 0 spiro atoms. The molecule has 0 aliphatic rings. The molecular weight excluding hydrogens is 206 g/mol. The number of carbonyl (C=O) groups is 1. The molecule has 0 fully saturated rings. The lowest BCUT2D eigenvalue weighted by Crippen LogP contribution is -2.00. The molecule has 0 heterocycles. The van der Waals surface area contributed by atoms with Crippen LogP contribution in [-0.4, -0.2) is 5.78 Å². The van der Waals surface area contributed by atoms with E-state index in [4.69, 9.17) is 0 Å². The first-order chi connectivity index (χ1) is 6.57. The molecule has 1 nitrogen and oxygen atoms in total. The highest BCUT2D eigenvalue weighted by Crippen LogP contribution is 2.28. The number of hydrogen-bond donors (Lipinski definition) is 1. The number of halogens is 2. The van der Waals surface area contributed by atoms with Gasteiger partial charge in [-0.3, -0.25) is 4.79 Å². The Kier molecular flexibility index (Phi) is 3.63. The highest BCUT2D eigenvalue weighted by molar-refractivity contribution is 7.80. The maximum absolute atomic E-state index is 12.4. The highest BCUT2D eigenvalue weighted by atomic mass is 32.1. The summed E-state index contributed by atoms with van der Waals surface area (Å²) >= 11 is 3.94. The number of benzene rings is 1. The molecule has 0 N–H and O–H groups in total. The quantitative estimate of drug-likeness (QED) is 0.604. The molecule has 0 aliphatic carbocycles. The van der Waals surface area contributed by atoms with Crippen LogP contribution < -0.4 is 0 Å². The zero-order valence-electron chi connectivity index (χ0n) is 7.63. The Hall–Kier alpha value is -0.900. The van der Waals surface area contributed by atoms with Crippen molar-refractivity contribution < 1.29 is 13.6 Å². The van der Waals surface area contributed by atoms with Gasteiger partial charge in [0.05, 0.1) is 0 Å². The maximum atomic E-state index is 12.4.